The van der Waals surface area contributed by atoms with Crippen LogP contribution in [-0.2, 0) is 6.18 Å². The summed E-state index contributed by atoms with van der Waals surface area (Å²) in [6, 6.07) is 4.82. The number of hydrogen-bond donors (Lipinski definition) is 1. The molecule has 0 unspecified atom stereocenters. The molecule has 2 nitrogen and oxygen atoms in total. The van der Waals surface area contributed by atoms with Gasteiger partial charge in [-0.2, -0.15) is 13.2 Å². The Kier molecular flexibility index (Phi) is 3.76. The lowest BCUT2D eigenvalue weighted by Crippen LogP contribution is -2.07. The van der Waals surface area contributed by atoms with E-state index in [4.69, 9.17) is 10.5 Å². The van der Waals surface area contributed by atoms with Crippen molar-refractivity contribution in [3.63, 3.8) is 0 Å². The third kappa shape index (κ3) is 3.07. The van der Waals surface area contributed by atoms with E-state index in [2.05, 4.69) is 0 Å². The monoisotopic (exact) mass is 303 g/mol. The summed E-state index contributed by atoms with van der Waals surface area (Å²) < 4.78 is 69.6. The third-order valence-corrected chi connectivity index (χ3v) is 2.86. The average molecular weight is 303 g/mol. The van der Waals surface area contributed by atoms with Crippen LogP contribution in [0.3, 0.4) is 0 Å². The molecule has 2 aromatic rings. The summed E-state index contributed by atoms with van der Waals surface area (Å²) in [5.74, 6) is -3.72. The molecule has 0 saturated carbocycles. The minimum atomic E-state index is -4.84. The second-order valence-corrected chi connectivity index (χ2v) is 4.34. The van der Waals surface area contributed by atoms with E-state index in [9.17, 15) is 22.0 Å². The van der Waals surface area contributed by atoms with E-state index >= 15 is 0 Å². The topological polar surface area (TPSA) is 35.2 Å². The highest BCUT2D eigenvalue weighted by Crippen LogP contribution is 2.36. The summed E-state index contributed by atoms with van der Waals surface area (Å²) in [5.41, 5.74) is 4.95. The number of ether oxygens (including phenoxy) is 1. The molecule has 0 amide bonds. The van der Waals surface area contributed by atoms with Gasteiger partial charge in [-0.3, -0.25) is 0 Å². The van der Waals surface area contributed by atoms with Crippen LogP contribution in [0, 0.1) is 18.6 Å². The molecule has 0 heterocycles. The number of rotatable bonds is 2. The molecule has 0 bridgehead atoms. The number of nitrogens with two attached hydrogens (primary N) is 1. The Morgan fingerprint density at radius 3 is 2.14 bits per heavy atom. The second-order valence-electron chi connectivity index (χ2n) is 4.34. The lowest BCUT2D eigenvalue weighted by Gasteiger charge is -2.13. The maximum Gasteiger partial charge on any atom is 0.416 e. The molecule has 112 valence electrons. The van der Waals surface area contributed by atoms with Crippen molar-refractivity contribution >= 4 is 5.69 Å². The van der Waals surface area contributed by atoms with Gasteiger partial charge in [0.2, 0.25) is 0 Å². The predicted octanol–water partition coefficient (Wildman–Crippen LogP) is 4.67. The SMILES string of the molecule is Cc1c(N)cccc1Oc1c(F)cc(C(F)(F)F)cc1F. The Bertz CT molecular complexity index is 659. The number of alkyl halides is 3. The van der Waals surface area contributed by atoms with E-state index in [0.29, 0.717) is 11.3 Å². The van der Waals surface area contributed by atoms with Gasteiger partial charge in [0, 0.05) is 11.3 Å². The standard InChI is InChI=1S/C14H10F5NO/c1-7-11(20)3-2-4-12(7)21-13-9(15)5-8(6-10(13)16)14(17,18)19/h2-6H,20H2,1H3. The van der Waals surface area contributed by atoms with E-state index < -0.39 is 29.1 Å². The number of halogens is 5. The summed E-state index contributed by atoms with van der Waals surface area (Å²) in [6.07, 6.45) is -4.84. The molecule has 0 aliphatic rings. The molecule has 21 heavy (non-hydrogen) atoms. The molecule has 2 rings (SSSR count). The molecule has 0 spiro atoms. The number of hydrogen-bond acceptors (Lipinski definition) is 2. The van der Waals surface area contributed by atoms with E-state index in [1.165, 1.54) is 12.1 Å². The maximum atomic E-state index is 13.7. The number of nitrogen functional groups attached to an aromatic ring is 1. The van der Waals surface area contributed by atoms with Crippen LogP contribution in [0.15, 0.2) is 30.3 Å². The zero-order valence-corrected chi connectivity index (χ0v) is 10.8. The van der Waals surface area contributed by atoms with Gasteiger partial charge in [-0.25, -0.2) is 8.78 Å². The summed E-state index contributed by atoms with van der Waals surface area (Å²) in [5, 5.41) is 0. The van der Waals surface area contributed by atoms with Crippen molar-refractivity contribution in [2.24, 2.45) is 0 Å². The first-order valence-electron chi connectivity index (χ1n) is 5.79. The molecule has 2 aromatic carbocycles. The number of benzene rings is 2. The predicted molar refractivity (Wildman–Crippen MR) is 67.0 cm³/mol. The fraction of sp³-hybridized carbons (Fsp3) is 0.143. The highest BCUT2D eigenvalue weighted by atomic mass is 19.4. The summed E-state index contributed by atoms with van der Waals surface area (Å²) in [4.78, 5) is 0. The fourth-order valence-corrected chi connectivity index (χ4v) is 1.67. The van der Waals surface area contributed by atoms with Crippen LogP contribution < -0.4 is 10.5 Å². The van der Waals surface area contributed by atoms with Crippen molar-refractivity contribution in [2.45, 2.75) is 13.1 Å². The van der Waals surface area contributed by atoms with E-state index in [1.807, 2.05) is 0 Å². The van der Waals surface area contributed by atoms with E-state index in [0.717, 1.165) is 0 Å². The van der Waals surface area contributed by atoms with Crippen molar-refractivity contribution in [1.29, 1.82) is 0 Å². The highest BCUT2D eigenvalue weighted by molar-refractivity contribution is 5.54. The van der Waals surface area contributed by atoms with Gasteiger partial charge in [0.15, 0.2) is 17.4 Å². The molecule has 0 atom stereocenters. The highest BCUT2D eigenvalue weighted by Gasteiger charge is 2.33. The van der Waals surface area contributed by atoms with Crippen LogP contribution in [-0.4, -0.2) is 0 Å². The van der Waals surface area contributed by atoms with Gasteiger partial charge in [-0.15, -0.1) is 0 Å². The normalized spacial score (nSPS) is 11.5. The van der Waals surface area contributed by atoms with Crippen LogP contribution in [0.1, 0.15) is 11.1 Å². The number of anilines is 1. The first-order chi connectivity index (χ1) is 9.70. The molecule has 0 saturated heterocycles. The fourth-order valence-electron chi connectivity index (χ4n) is 1.67. The molecule has 0 radical (unpaired) electrons. The van der Waals surface area contributed by atoms with Crippen LogP contribution >= 0.6 is 0 Å². The minimum absolute atomic E-state index is 0.0626. The van der Waals surface area contributed by atoms with Gasteiger partial charge >= 0.3 is 6.18 Å². The summed E-state index contributed by atoms with van der Waals surface area (Å²) in [6.45, 7) is 1.56. The van der Waals surface area contributed by atoms with Gasteiger partial charge in [-0.1, -0.05) is 6.07 Å². The van der Waals surface area contributed by atoms with Gasteiger partial charge in [-0.05, 0) is 31.2 Å². The molecule has 0 fully saturated rings. The quantitative estimate of drug-likeness (QED) is 0.646. The molecule has 0 aliphatic carbocycles. The molecule has 0 aliphatic heterocycles. The van der Waals surface area contributed by atoms with Crippen molar-refractivity contribution < 1.29 is 26.7 Å². The summed E-state index contributed by atoms with van der Waals surface area (Å²) in [7, 11) is 0. The van der Waals surface area contributed by atoms with Gasteiger partial charge in [0.1, 0.15) is 5.75 Å². The molecular weight excluding hydrogens is 293 g/mol. The lowest BCUT2D eigenvalue weighted by atomic mass is 10.1. The molecule has 7 heteroatoms. The van der Waals surface area contributed by atoms with Crippen molar-refractivity contribution in [3.05, 3.63) is 53.1 Å². The zero-order chi connectivity index (χ0) is 15.8. The first-order valence-corrected chi connectivity index (χ1v) is 5.79. The van der Waals surface area contributed by atoms with Crippen molar-refractivity contribution in [2.75, 3.05) is 5.73 Å². The Morgan fingerprint density at radius 1 is 1.05 bits per heavy atom. The maximum absolute atomic E-state index is 13.7. The average Bonchev–Trinajstić information content (AvgIpc) is 2.37. The van der Waals surface area contributed by atoms with E-state index in [-0.39, 0.29) is 17.9 Å². The first kappa shape index (κ1) is 15.1. The second kappa shape index (κ2) is 5.23. The van der Waals surface area contributed by atoms with Crippen LogP contribution in [0.5, 0.6) is 11.5 Å². The van der Waals surface area contributed by atoms with Crippen molar-refractivity contribution in [3.8, 4) is 11.5 Å². The largest absolute Gasteiger partial charge is 0.451 e. The molecular formula is C14H10F5NO. The Morgan fingerprint density at radius 2 is 1.62 bits per heavy atom. The van der Waals surface area contributed by atoms with Crippen LogP contribution in [0.25, 0.3) is 0 Å². The van der Waals surface area contributed by atoms with E-state index in [1.54, 1.807) is 13.0 Å². The van der Waals surface area contributed by atoms with Gasteiger partial charge in [0.05, 0.1) is 5.56 Å². The van der Waals surface area contributed by atoms with Gasteiger partial charge in [0.25, 0.3) is 0 Å². The Hall–Kier alpha value is -2.31. The third-order valence-electron chi connectivity index (χ3n) is 2.86. The Labute approximate surface area is 116 Å². The smallest absolute Gasteiger partial charge is 0.416 e. The van der Waals surface area contributed by atoms with Crippen LogP contribution in [0.2, 0.25) is 0 Å². The minimum Gasteiger partial charge on any atom is -0.451 e. The molecule has 2 N–H and O–H groups in total. The zero-order valence-electron chi connectivity index (χ0n) is 10.8. The Balaban J connectivity index is 2.44. The van der Waals surface area contributed by atoms with Gasteiger partial charge < -0.3 is 10.5 Å². The van der Waals surface area contributed by atoms with Crippen LogP contribution in [0.4, 0.5) is 27.6 Å². The molecule has 0 aromatic heterocycles. The summed E-state index contributed by atoms with van der Waals surface area (Å²) >= 11 is 0. The van der Waals surface area contributed by atoms with Crippen molar-refractivity contribution in [1.82, 2.24) is 0 Å². The lowest BCUT2D eigenvalue weighted by molar-refractivity contribution is -0.138.